The highest BCUT2D eigenvalue weighted by molar-refractivity contribution is 9.10. The topological polar surface area (TPSA) is 39.4 Å². The van der Waals surface area contributed by atoms with Gasteiger partial charge in [-0.15, -0.1) is 13.2 Å². The van der Waals surface area contributed by atoms with Gasteiger partial charge in [0.25, 0.3) is 0 Å². The highest BCUT2D eigenvalue weighted by Gasteiger charge is 2.31. The largest absolute Gasteiger partial charge is 0.573 e. The molecular weight excluding hydrogens is 329 g/mol. The van der Waals surface area contributed by atoms with Gasteiger partial charge in [-0.1, -0.05) is 12.1 Å². The molecule has 0 N–H and O–H groups in total. The summed E-state index contributed by atoms with van der Waals surface area (Å²) in [5.74, 6) is -0.911. The first kappa shape index (κ1) is 13.7. The minimum absolute atomic E-state index is 0.0730. The summed E-state index contributed by atoms with van der Waals surface area (Å²) in [6, 6.07) is 6.26. The Morgan fingerprint density at radius 2 is 2.00 bits per heavy atom. The number of carbonyl (C=O) groups is 1. The van der Waals surface area contributed by atoms with Gasteiger partial charge in [-0.2, -0.15) is 0 Å². The van der Waals surface area contributed by atoms with E-state index in [4.69, 9.17) is 4.42 Å². The van der Waals surface area contributed by atoms with Gasteiger partial charge in [-0.3, -0.25) is 4.79 Å². The number of ketones is 1. The molecule has 0 bridgehead atoms. The lowest BCUT2D eigenvalue weighted by molar-refractivity contribution is -0.274. The Hall–Kier alpha value is -1.76. The summed E-state index contributed by atoms with van der Waals surface area (Å²) < 4.78 is 45.1. The van der Waals surface area contributed by atoms with Gasteiger partial charge in [-0.05, 0) is 34.1 Å². The maximum atomic E-state index is 12.1. The summed E-state index contributed by atoms with van der Waals surface area (Å²) in [5.41, 5.74) is 0.299. The lowest BCUT2D eigenvalue weighted by Crippen LogP contribution is -2.17. The zero-order chi connectivity index (χ0) is 14.0. The van der Waals surface area contributed by atoms with Gasteiger partial charge in [0.05, 0.1) is 11.8 Å². The zero-order valence-corrected chi connectivity index (χ0v) is 10.8. The van der Waals surface area contributed by atoms with Crippen molar-refractivity contribution in [1.82, 2.24) is 0 Å². The summed E-state index contributed by atoms with van der Waals surface area (Å²) in [6.07, 6.45) is -3.49. The van der Waals surface area contributed by atoms with E-state index in [1.165, 1.54) is 24.5 Å². The number of halogens is 4. The Morgan fingerprint density at radius 3 is 2.58 bits per heavy atom. The Bertz CT molecular complexity index is 604. The predicted molar refractivity (Wildman–Crippen MR) is 63.0 cm³/mol. The number of alkyl halides is 3. The van der Waals surface area contributed by atoms with Crippen molar-refractivity contribution in [2.75, 3.05) is 0 Å². The SMILES string of the molecule is O=C(c1cccc(OC(F)(F)F)c1)c1ccoc1Br. The number of carbonyl (C=O) groups excluding carboxylic acids is 1. The smallest absolute Gasteiger partial charge is 0.457 e. The normalized spacial score (nSPS) is 11.4. The Morgan fingerprint density at radius 1 is 1.26 bits per heavy atom. The van der Waals surface area contributed by atoms with E-state index < -0.39 is 17.9 Å². The number of furan rings is 1. The van der Waals surface area contributed by atoms with Crippen LogP contribution >= 0.6 is 15.9 Å². The van der Waals surface area contributed by atoms with Crippen molar-refractivity contribution in [2.45, 2.75) is 6.36 Å². The molecule has 0 radical (unpaired) electrons. The maximum absolute atomic E-state index is 12.1. The third-order valence-corrected chi connectivity index (χ3v) is 2.81. The molecule has 0 amide bonds. The summed E-state index contributed by atoms with van der Waals surface area (Å²) >= 11 is 3.03. The summed E-state index contributed by atoms with van der Waals surface area (Å²) in [4.78, 5) is 12.0. The summed E-state index contributed by atoms with van der Waals surface area (Å²) in [5, 5.41) is 0. The van der Waals surface area contributed by atoms with Crippen molar-refractivity contribution in [3.05, 3.63) is 52.4 Å². The van der Waals surface area contributed by atoms with E-state index in [2.05, 4.69) is 20.7 Å². The highest BCUT2D eigenvalue weighted by Crippen LogP contribution is 2.26. The molecule has 0 unspecified atom stereocenters. The predicted octanol–water partition coefficient (Wildman–Crippen LogP) is 4.17. The lowest BCUT2D eigenvalue weighted by Gasteiger charge is -2.09. The van der Waals surface area contributed by atoms with E-state index >= 15 is 0 Å². The van der Waals surface area contributed by atoms with E-state index in [0.29, 0.717) is 0 Å². The molecule has 1 aromatic carbocycles. The molecule has 1 aromatic heterocycles. The number of ether oxygens (including phenoxy) is 1. The Kier molecular flexibility index (Phi) is 3.66. The molecule has 0 aliphatic rings. The van der Waals surface area contributed by atoms with Crippen molar-refractivity contribution in [3.8, 4) is 5.75 Å². The third kappa shape index (κ3) is 3.37. The van der Waals surface area contributed by atoms with Crippen LogP contribution in [0.3, 0.4) is 0 Å². The lowest BCUT2D eigenvalue weighted by atomic mass is 10.1. The fourth-order valence-electron chi connectivity index (χ4n) is 1.45. The minimum atomic E-state index is -4.79. The van der Waals surface area contributed by atoms with E-state index in [-0.39, 0.29) is 15.8 Å². The van der Waals surface area contributed by atoms with Gasteiger partial charge in [0, 0.05) is 5.56 Å². The maximum Gasteiger partial charge on any atom is 0.573 e. The third-order valence-electron chi connectivity index (χ3n) is 2.19. The van der Waals surface area contributed by atoms with Crippen molar-refractivity contribution >= 4 is 21.7 Å². The van der Waals surface area contributed by atoms with Crippen molar-refractivity contribution in [2.24, 2.45) is 0 Å². The molecule has 0 aliphatic heterocycles. The summed E-state index contributed by atoms with van der Waals surface area (Å²) in [6.45, 7) is 0. The molecule has 2 aromatic rings. The first-order valence-electron chi connectivity index (χ1n) is 5.00. The van der Waals surface area contributed by atoms with Crippen LogP contribution in [0.2, 0.25) is 0 Å². The molecule has 19 heavy (non-hydrogen) atoms. The van der Waals surface area contributed by atoms with E-state index in [1.54, 1.807) is 0 Å². The molecule has 0 spiro atoms. The van der Waals surface area contributed by atoms with Crippen LogP contribution in [0.25, 0.3) is 0 Å². The second kappa shape index (κ2) is 5.08. The monoisotopic (exact) mass is 334 g/mol. The average molecular weight is 335 g/mol. The van der Waals surface area contributed by atoms with Gasteiger partial charge in [0.2, 0.25) is 0 Å². The molecule has 0 fully saturated rings. The van der Waals surface area contributed by atoms with Gasteiger partial charge in [0.1, 0.15) is 5.75 Å². The molecule has 3 nitrogen and oxygen atoms in total. The fraction of sp³-hybridized carbons (Fsp3) is 0.0833. The van der Waals surface area contributed by atoms with Crippen LogP contribution < -0.4 is 4.74 Å². The second-order valence-electron chi connectivity index (χ2n) is 3.51. The van der Waals surface area contributed by atoms with Crippen LogP contribution in [-0.4, -0.2) is 12.1 Å². The second-order valence-corrected chi connectivity index (χ2v) is 4.23. The molecule has 7 heteroatoms. The highest BCUT2D eigenvalue weighted by atomic mass is 79.9. The Balaban J connectivity index is 2.29. The van der Waals surface area contributed by atoms with Crippen molar-refractivity contribution < 1.29 is 27.1 Å². The van der Waals surface area contributed by atoms with E-state index in [1.807, 2.05) is 0 Å². The van der Waals surface area contributed by atoms with Crippen molar-refractivity contribution in [3.63, 3.8) is 0 Å². The van der Waals surface area contributed by atoms with Crippen LogP contribution in [0.4, 0.5) is 13.2 Å². The van der Waals surface area contributed by atoms with Gasteiger partial charge in [-0.25, -0.2) is 0 Å². The molecule has 0 saturated carbocycles. The van der Waals surface area contributed by atoms with Crippen molar-refractivity contribution in [1.29, 1.82) is 0 Å². The van der Waals surface area contributed by atoms with E-state index in [0.717, 1.165) is 12.1 Å². The van der Waals surface area contributed by atoms with Crippen LogP contribution in [0.5, 0.6) is 5.75 Å². The van der Waals surface area contributed by atoms with Gasteiger partial charge < -0.3 is 9.15 Å². The van der Waals surface area contributed by atoms with Gasteiger partial charge >= 0.3 is 6.36 Å². The van der Waals surface area contributed by atoms with Crippen LogP contribution in [0.1, 0.15) is 15.9 Å². The number of hydrogen-bond donors (Lipinski definition) is 0. The first-order chi connectivity index (χ1) is 8.87. The standard InChI is InChI=1S/C12H6BrF3O3/c13-11-9(4-5-18-11)10(17)7-2-1-3-8(6-7)19-12(14,15)16/h1-6H. The number of rotatable bonds is 3. The first-order valence-corrected chi connectivity index (χ1v) is 5.79. The fourth-order valence-corrected chi connectivity index (χ4v) is 1.87. The zero-order valence-electron chi connectivity index (χ0n) is 9.20. The molecule has 2 rings (SSSR count). The minimum Gasteiger partial charge on any atom is -0.457 e. The number of benzene rings is 1. The molecule has 0 saturated heterocycles. The summed E-state index contributed by atoms with van der Waals surface area (Å²) in [7, 11) is 0. The molecule has 0 atom stereocenters. The van der Waals surface area contributed by atoms with Gasteiger partial charge in [0.15, 0.2) is 10.5 Å². The van der Waals surface area contributed by atoms with Crippen LogP contribution in [0.15, 0.2) is 45.7 Å². The molecular formula is C12H6BrF3O3. The quantitative estimate of drug-likeness (QED) is 0.791. The van der Waals surface area contributed by atoms with E-state index in [9.17, 15) is 18.0 Å². The molecule has 100 valence electrons. The Labute approximate surface area is 114 Å². The molecule has 0 aliphatic carbocycles. The van der Waals surface area contributed by atoms with Crippen LogP contribution in [0, 0.1) is 0 Å². The van der Waals surface area contributed by atoms with Crippen LogP contribution in [-0.2, 0) is 0 Å². The average Bonchev–Trinajstić information content (AvgIpc) is 2.72. The molecule has 1 heterocycles. The number of hydrogen-bond acceptors (Lipinski definition) is 3.